The maximum absolute atomic E-state index is 13.4. The minimum Gasteiger partial charge on any atom is -0.374 e. The predicted octanol–water partition coefficient (Wildman–Crippen LogP) is 2.67. The zero-order chi connectivity index (χ0) is 25.9. The number of aryl methyl sites for hydroxylation is 1. The van der Waals surface area contributed by atoms with Crippen molar-refractivity contribution in [2.24, 2.45) is 7.05 Å². The van der Waals surface area contributed by atoms with Crippen LogP contribution in [0.5, 0.6) is 0 Å². The lowest BCUT2D eigenvalue weighted by Gasteiger charge is -2.36. The molecule has 1 aliphatic rings. The zero-order valence-corrected chi connectivity index (χ0v) is 20.2. The van der Waals surface area contributed by atoms with Gasteiger partial charge in [0.15, 0.2) is 15.7 Å². The van der Waals surface area contributed by atoms with Crippen molar-refractivity contribution in [2.75, 3.05) is 12.8 Å². The number of benzene rings is 1. The van der Waals surface area contributed by atoms with Gasteiger partial charge in [0.05, 0.1) is 35.1 Å². The largest absolute Gasteiger partial charge is 0.424 e. The highest BCUT2D eigenvalue weighted by molar-refractivity contribution is 7.90. The van der Waals surface area contributed by atoms with E-state index in [2.05, 4.69) is 10.1 Å². The number of hydrogen-bond acceptors (Lipinski definition) is 6. The molecule has 2 atom stereocenters. The summed E-state index contributed by atoms with van der Waals surface area (Å²) in [7, 11) is -1.75. The third kappa shape index (κ3) is 4.33. The maximum atomic E-state index is 13.4. The number of carbonyl (C=O) groups is 1. The Balaban J connectivity index is 1.60. The monoisotopic (exact) mass is 511 g/mol. The van der Waals surface area contributed by atoms with Crippen LogP contribution in [0.4, 0.5) is 13.2 Å². The van der Waals surface area contributed by atoms with E-state index in [1.807, 2.05) is 0 Å². The number of sulfone groups is 1. The van der Waals surface area contributed by atoms with E-state index in [0.29, 0.717) is 23.9 Å². The molecule has 0 saturated carbocycles. The summed E-state index contributed by atoms with van der Waals surface area (Å²) in [5.74, 6) is -0.887. The first-order chi connectivity index (χ1) is 16.1. The van der Waals surface area contributed by atoms with Gasteiger partial charge >= 0.3 is 6.18 Å². The van der Waals surface area contributed by atoms with E-state index >= 15 is 0 Å². The summed E-state index contributed by atoms with van der Waals surface area (Å²) in [6.45, 7) is 2.42. The van der Waals surface area contributed by atoms with Crippen LogP contribution < -0.4 is 0 Å². The number of imidazole rings is 1. The Morgan fingerprint density at radius 3 is 2.40 bits per heavy atom. The van der Waals surface area contributed by atoms with Crippen LogP contribution in [0.3, 0.4) is 0 Å². The Bertz CT molecular complexity index is 1390. The molecule has 1 N–H and O–H groups in total. The van der Waals surface area contributed by atoms with Gasteiger partial charge in [-0.15, -0.1) is 0 Å². The molecule has 35 heavy (non-hydrogen) atoms. The minimum absolute atomic E-state index is 0.00762. The van der Waals surface area contributed by atoms with Crippen LogP contribution >= 0.6 is 0 Å². The van der Waals surface area contributed by atoms with Crippen molar-refractivity contribution in [1.29, 1.82) is 0 Å². The van der Waals surface area contributed by atoms with Crippen molar-refractivity contribution in [3.8, 4) is 11.3 Å². The van der Waals surface area contributed by atoms with Gasteiger partial charge in [-0.1, -0.05) is 12.1 Å². The van der Waals surface area contributed by atoms with Gasteiger partial charge in [-0.2, -0.15) is 18.3 Å². The second kappa shape index (κ2) is 8.19. The fourth-order valence-electron chi connectivity index (χ4n) is 4.15. The molecular formula is C22H24F3N5O4S. The second-order valence-corrected chi connectivity index (χ2v) is 10.9. The van der Waals surface area contributed by atoms with Gasteiger partial charge in [0.25, 0.3) is 5.91 Å². The van der Waals surface area contributed by atoms with Crippen molar-refractivity contribution in [2.45, 2.75) is 43.1 Å². The van der Waals surface area contributed by atoms with Crippen molar-refractivity contribution in [3.63, 3.8) is 0 Å². The first-order valence-corrected chi connectivity index (χ1v) is 12.5. The summed E-state index contributed by atoms with van der Waals surface area (Å²) in [5.41, 5.74) is -1.41. The van der Waals surface area contributed by atoms with Crippen molar-refractivity contribution in [1.82, 2.24) is 24.2 Å². The van der Waals surface area contributed by atoms with Crippen LogP contribution in [0.1, 0.15) is 41.9 Å². The lowest BCUT2D eigenvalue weighted by molar-refractivity contribution is -0.263. The van der Waals surface area contributed by atoms with Crippen LogP contribution in [0.25, 0.3) is 11.3 Å². The van der Waals surface area contributed by atoms with Gasteiger partial charge in [-0.3, -0.25) is 9.48 Å². The fraction of sp³-hybridized carbons (Fsp3) is 0.409. The van der Waals surface area contributed by atoms with E-state index in [-0.39, 0.29) is 29.6 Å². The van der Waals surface area contributed by atoms with Crippen molar-refractivity contribution >= 4 is 15.7 Å². The molecule has 0 aliphatic carbocycles. The lowest BCUT2D eigenvalue weighted by atomic mass is 10.0. The van der Waals surface area contributed by atoms with E-state index in [4.69, 9.17) is 0 Å². The van der Waals surface area contributed by atoms with E-state index in [1.54, 1.807) is 32.2 Å². The number of carbonyl (C=O) groups excluding carboxylic acids is 1. The summed E-state index contributed by atoms with van der Waals surface area (Å²) < 4.78 is 66.2. The Kier molecular flexibility index (Phi) is 5.83. The van der Waals surface area contributed by atoms with E-state index in [1.165, 1.54) is 32.5 Å². The number of aromatic nitrogens is 4. The molecule has 0 saturated heterocycles. The van der Waals surface area contributed by atoms with Gasteiger partial charge in [0, 0.05) is 25.4 Å². The number of alkyl halides is 3. The Morgan fingerprint density at radius 1 is 1.20 bits per heavy atom. The molecule has 13 heteroatoms. The number of nitrogens with zero attached hydrogens (tertiary/aromatic N) is 5. The quantitative estimate of drug-likeness (QED) is 0.577. The number of halogens is 3. The average molecular weight is 512 g/mol. The molecule has 0 bridgehead atoms. The molecule has 188 valence electrons. The van der Waals surface area contributed by atoms with Gasteiger partial charge in [-0.25, -0.2) is 13.4 Å². The number of aliphatic hydroxyl groups is 1. The molecule has 1 aliphatic heterocycles. The van der Waals surface area contributed by atoms with Gasteiger partial charge in [-0.05, 0) is 32.0 Å². The van der Waals surface area contributed by atoms with Crippen molar-refractivity contribution in [3.05, 3.63) is 53.7 Å². The summed E-state index contributed by atoms with van der Waals surface area (Å²) in [5, 5.41) is 14.5. The molecule has 0 radical (unpaired) electrons. The smallest absolute Gasteiger partial charge is 0.374 e. The van der Waals surface area contributed by atoms with Crippen LogP contribution in [0, 0.1) is 0 Å². The summed E-state index contributed by atoms with van der Waals surface area (Å²) in [4.78, 5) is 18.8. The van der Waals surface area contributed by atoms with Crippen molar-refractivity contribution < 1.29 is 31.5 Å². The Morgan fingerprint density at radius 2 is 1.83 bits per heavy atom. The first kappa shape index (κ1) is 24.9. The topological polar surface area (TPSA) is 110 Å². The summed E-state index contributed by atoms with van der Waals surface area (Å²) >= 11 is 0. The SMILES string of the molecule is C[C@H]1CN(C(=O)c2cc(-c3ccc(S(C)(=O)=O)cc3)nn2C)Cc2cnc([C@@](C)(O)C(F)(F)F)n21. The van der Waals surface area contributed by atoms with E-state index in [9.17, 15) is 31.5 Å². The molecule has 1 aromatic carbocycles. The molecule has 0 unspecified atom stereocenters. The molecule has 0 fully saturated rings. The Labute approximate surface area is 199 Å². The maximum Gasteiger partial charge on any atom is 0.424 e. The minimum atomic E-state index is -4.91. The Hall–Kier alpha value is -3.19. The number of hydrogen-bond donors (Lipinski definition) is 1. The predicted molar refractivity (Wildman–Crippen MR) is 119 cm³/mol. The number of fused-ring (bicyclic) bond motifs is 1. The van der Waals surface area contributed by atoms with Gasteiger partial charge in [0.2, 0.25) is 5.60 Å². The van der Waals surface area contributed by atoms with Crippen LogP contribution in [-0.2, 0) is 29.0 Å². The summed E-state index contributed by atoms with van der Waals surface area (Å²) in [6, 6.07) is 7.13. The average Bonchev–Trinajstić information content (AvgIpc) is 3.36. The fourth-order valence-corrected chi connectivity index (χ4v) is 4.78. The second-order valence-electron chi connectivity index (χ2n) is 8.88. The van der Waals surface area contributed by atoms with Gasteiger partial charge in [0.1, 0.15) is 5.69 Å². The molecule has 9 nitrogen and oxygen atoms in total. The highest BCUT2D eigenvalue weighted by atomic mass is 32.2. The standard InChI is InChI=1S/C22H24F3N5O4S/c1-13-11-29(12-15-10-26-20(30(13)15)21(2,32)22(23,24)25)19(31)18-9-17(27-28(18)3)14-5-7-16(8-6-14)35(4,33)34/h5-10,13,32H,11-12H2,1-4H3/t13-,21+/m0/s1. The third-order valence-corrected chi connectivity index (χ3v) is 7.23. The highest BCUT2D eigenvalue weighted by Gasteiger charge is 2.55. The van der Waals surface area contributed by atoms with E-state index < -0.39 is 33.5 Å². The molecule has 3 aromatic rings. The molecule has 3 heterocycles. The molecule has 4 rings (SSSR count). The highest BCUT2D eigenvalue weighted by Crippen LogP contribution is 2.40. The van der Waals surface area contributed by atoms with Crippen LogP contribution in [0.15, 0.2) is 41.4 Å². The molecule has 0 spiro atoms. The third-order valence-electron chi connectivity index (χ3n) is 6.10. The van der Waals surface area contributed by atoms with Gasteiger partial charge < -0.3 is 14.6 Å². The first-order valence-electron chi connectivity index (χ1n) is 10.6. The molecular weight excluding hydrogens is 487 g/mol. The lowest BCUT2D eigenvalue weighted by Crippen LogP contribution is -2.45. The molecule has 2 aromatic heterocycles. The number of rotatable bonds is 4. The van der Waals surface area contributed by atoms with Crippen LogP contribution in [-0.4, -0.2) is 62.6 Å². The zero-order valence-electron chi connectivity index (χ0n) is 19.4. The normalized spacial score (nSPS) is 18.3. The van der Waals surface area contributed by atoms with Crippen LogP contribution in [0.2, 0.25) is 0 Å². The molecule has 1 amide bonds. The number of amides is 1. The van der Waals surface area contributed by atoms with E-state index in [0.717, 1.165) is 6.26 Å². The summed E-state index contributed by atoms with van der Waals surface area (Å²) in [6.07, 6.45) is -2.56.